The number of anilines is 1. The number of hydrogen-bond donors (Lipinski definition) is 2. The summed E-state index contributed by atoms with van der Waals surface area (Å²) in [5.41, 5.74) is 4.93. The van der Waals surface area contributed by atoms with Crippen LogP contribution in [0.3, 0.4) is 0 Å². The van der Waals surface area contributed by atoms with E-state index in [1.165, 1.54) is 6.20 Å². The van der Waals surface area contributed by atoms with Gasteiger partial charge in [0, 0.05) is 50.1 Å². The summed E-state index contributed by atoms with van der Waals surface area (Å²) in [4.78, 5) is 24.3. The molecule has 10 heteroatoms. The van der Waals surface area contributed by atoms with Gasteiger partial charge >= 0.3 is 0 Å². The van der Waals surface area contributed by atoms with Crippen LogP contribution in [-0.4, -0.2) is 70.6 Å². The minimum Gasteiger partial charge on any atom is -0.392 e. The lowest BCUT2D eigenvalue weighted by Gasteiger charge is -2.41. The summed E-state index contributed by atoms with van der Waals surface area (Å²) < 4.78 is 25.0. The summed E-state index contributed by atoms with van der Waals surface area (Å²) in [7, 11) is 0. The van der Waals surface area contributed by atoms with Gasteiger partial charge in [-0.3, -0.25) is 9.78 Å². The number of fused-ring (bicyclic) bond motifs is 1. The second-order valence-electron chi connectivity index (χ2n) is 11.6. The summed E-state index contributed by atoms with van der Waals surface area (Å²) in [6.45, 7) is 3.83. The van der Waals surface area contributed by atoms with E-state index < -0.39 is 12.1 Å². The van der Waals surface area contributed by atoms with E-state index in [-0.39, 0.29) is 30.4 Å². The van der Waals surface area contributed by atoms with Crippen molar-refractivity contribution < 1.29 is 28.8 Å². The van der Waals surface area contributed by atoms with E-state index in [0.29, 0.717) is 30.8 Å². The fourth-order valence-electron chi connectivity index (χ4n) is 6.21. The van der Waals surface area contributed by atoms with Crippen LogP contribution in [0.15, 0.2) is 79.0 Å². The quantitative estimate of drug-likeness (QED) is 0.312. The third-order valence-corrected chi connectivity index (χ3v) is 8.61. The molecule has 44 heavy (non-hydrogen) atoms. The molecule has 3 fully saturated rings. The number of likely N-dealkylation sites (tertiary alicyclic amines) is 1. The summed E-state index contributed by atoms with van der Waals surface area (Å²) >= 11 is 0. The van der Waals surface area contributed by atoms with Crippen LogP contribution in [0.2, 0.25) is 0 Å². The molecule has 0 saturated carbocycles. The summed E-state index contributed by atoms with van der Waals surface area (Å²) in [6, 6.07) is 22.9. The van der Waals surface area contributed by atoms with Crippen LogP contribution in [0.1, 0.15) is 58.8 Å². The molecular formula is C34H36N4O6. The first-order valence-electron chi connectivity index (χ1n) is 15.2. The van der Waals surface area contributed by atoms with Crippen LogP contribution < -0.4 is 5.32 Å². The Kier molecular flexibility index (Phi) is 8.35. The molecule has 3 unspecified atom stereocenters. The molecular weight excluding hydrogens is 560 g/mol. The average Bonchev–Trinajstić information content (AvgIpc) is 3.53. The zero-order valence-electron chi connectivity index (χ0n) is 24.4. The molecule has 0 bridgehead atoms. The van der Waals surface area contributed by atoms with Crippen molar-refractivity contribution in [1.82, 2.24) is 14.9 Å². The largest absolute Gasteiger partial charge is 0.392 e. The molecule has 4 heterocycles. The van der Waals surface area contributed by atoms with Gasteiger partial charge in [0.15, 0.2) is 12.1 Å². The van der Waals surface area contributed by atoms with Gasteiger partial charge in [0.2, 0.25) is 0 Å². The van der Waals surface area contributed by atoms with Gasteiger partial charge in [0.1, 0.15) is 5.69 Å². The zero-order chi connectivity index (χ0) is 29.9. The molecule has 3 aliphatic heterocycles. The number of benzene rings is 3. The Hall–Kier alpha value is -3.77. The van der Waals surface area contributed by atoms with Crippen LogP contribution in [0.5, 0.6) is 0 Å². The van der Waals surface area contributed by atoms with E-state index in [0.717, 1.165) is 54.7 Å². The Bertz CT molecular complexity index is 1600. The third-order valence-electron chi connectivity index (χ3n) is 8.61. The first-order chi connectivity index (χ1) is 21.6. The number of rotatable bonds is 7. The van der Waals surface area contributed by atoms with Crippen molar-refractivity contribution in [2.24, 2.45) is 0 Å². The van der Waals surface area contributed by atoms with Crippen molar-refractivity contribution in [2.45, 2.75) is 50.2 Å². The van der Waals surface area contributed by atoms with Gasteiger partial charge < -0.3 is 34.3 Å². The second-order valence-corrected chi connectivity index (χ2v) is 11.6. The van der Waals surface area contributed by atoms with Gasteiger partial charge in [-0.1, -0.05) is 48.5 Å². The number of aliphatic hydroxyl groups excluding tert-OH is 1. The minimum absolute atomic E-state index is 0.00660. The lowest BCUT2D eigenvalue weighted by atomic mass is 9.98. The number of para-hydroxylation sites is 2. The van der Waals surface area contributed by atoms with Crippen molar-refractivity contribution in [2.75, 3.05) is 38.2 Å². The standard InChI is InChI=1S/C34H36N4O6/c39-22-23-8-10-24(11-9-23)31-19-27(21-38-14-12-34(13-15-38)41-16-17-42-34)43-33(44-31)25-4-3-5-26(18-25)36-32(40)30-20-35-28-6-1-2-7-29(28)37-30/h1-11,18,20,27,31,33,39H,12-17,19,21-22H2,(H,36,40). The van der Waals surface area contributed by atoms with Crippen molar-refractivity contribution in [3.63, 3.8) is 0 Å². The summed E-state index contributed by atoms with van der Waals surface area (Å²) in [6.07, 6.45) is 2.95. The SMILES string of the molecule is O=C(Nc1cccc(C2OC(CN3CCC4(CC3)OCCO4)CC(c3ccc(CO)cc3)O2)c1)c1cnc2ccccc2n1. The predicted molar refractivity (Wildman–Crippen MR) is 163 cm³/mol. The van der Waals surface area contributed by atoms with Gasteiger partial charge in [-0.05, 0) is 35.4 Å². The molecule has 3 aromatic carbocycles. The van der Waals surface area contributed by atoms with E-state index in [2.05, 4.69) is 20.2 Å². The number of nitrogens with zero attached hydrogens (tertiary/aromatic N) is 3. The number of aliphatic hydroxyl groups is 1. The number of aromatic nitrogens is 2. The van der Waals surface area contributed by atoms with Gasteiger partial charge in [0.05, 0.1) is 49.3 Å². The molecule has 1 amide bonds. The molecule has 0 aliphatic carbocycles. The minimum atomic E-state index is -0.633. The Morgan fingerprint density at radius 1 is 0.932 bits per heavy atom. The molecule has 7 rings (SSSR count). The normalized spacial score (nSPS) is 23.6. The van der Waals surface area contributed by atoms with Gasteiger partial charge in [-0.25, -0.2) is 4.98 Å². The molecule has 10 nitrogen and oxygen atoms in total. The highest BCUT2D eigenvalue weighted by Crippen LogP contribution is 2.39. The number of nitrogens with one attached hydrogen (secondary N) is 1. The smallest absolute Gasteiger partial charge is 0.275 e. The third kappa shape index (κ3) is 6.37. The molecule has 0 radical (unpaired) electrons. The van der Waals surface area contributed by atoms with Gasteiger partial charge in [-0.15, -0.1) is 0 Å². The highest BCUT2D eigenvalue weighted by molar-refractivity contribution is 6.03. The molecule has 3 atom stereocenters. The maximum absolute atomic E-state index is 13.1. The van der Waals surface area contributed by atoms with E-state index in [4.69, 9.17) is 18.9 Å². The molecule has 228 valence electrons. The fourth-order valence-corrected chi connectivity index (χ4v) is 6.21. The second kappa shape index (κ2) is 12.7. The topological polar surface area (TPSA) is 115 Å². The summed E-state index contributed by atoms with van der Waals surface area (Å²) in [5.74, 6) is -0.765. The Morgan fingerprint density at radius 2 is 1.70 bits per heavy atom. The number of ether oxygens (including phenoxy) is 4. The highest BCUT2D eigenvalue weighted by Gasteiger charge is 2.41. The number of hydrogen-bond acceptors (Lipinski definition) is 9. The molecule has 2 N–H and O–H groups in total. The van der Waals surface area contributed by atoms with Crippen molar-refractivity contribution in [3.05, 3.63) is 101 Å². The van der Waals surface area contributed by atoms with E-state index >= 15 is 0 Å². The van der Waals surface area contributed by atoms with E-state index in [1.54, 1.807) is 0 Å². The maximum Gasteiger partial charge on any atom is 0.275 e. The van der Waals surface area contributed by atoms with E-state index in [1.807, 2.05) is 72.8 Å². The van der Waals surface area contributed by atoms with Crippen LogP contribution >= 0.6 is 0 Å². The van der Waals surface area contributed by atoms with Gasteiger partial charge in [0.25, 0.3) is 5.91 Å². The Labute approximate surface area is 255 Å². The lowest BCUT2D eigenvalue weighted by molar-refractivity contribution is -0.255. The molecule has 4 aromatic rings. The molecule has 1 spiro atoms. The predicted octanol–water partition coefficient (Wildman–Crippen LogP) is 4.76. The highest BCUT2D eigenvalue weighted by atomic mass is 16.7. The molecule has 1 aromatic heterocycles. The van der Waals surface area contributed by atoms with E-state index in [9.17, 15) is 9.90 Å². The Morgan fingerprint density at radius 3 is 2.48 bits per heavy atom. The number of carbonyl (C=O) groups is 1. The first kappa shape index (κ1) is 29.0. The van der Waals surface area contributed by atoms with Crippen molar-refractivity contribution in [3.8, 4) is 0 Å². The maximum atomic E-state index is 13.1. The summed E-state index contributed by atoms with van der Waals surface area (Å²) in [5, 5.41) is 12.5. The monoisotopic (exact) mass is 596 g/mol. The Balaban J connectivity index is 1.08. The average molecular weight is 597 g/mol. The zero-order valence-corrected chi connectivity index (χ0v) is 24.4. The molecule has 3 aliphatic rings. The fraction of sp³-hybridized carbons (Fsp3) is 0.382. The number of piperidine rings is 1. The number of carbonyl (C=O) groups excluding carboxylic acids is 1. The van der Waals surface area contributed by atoms with Crippen LogP contribution in [0, 0.1) is 0 Å². The van der Waals surface area contributed by atoms with Crippen LogP contribution in [-0.2, 0) is 25.6 Å². The van der Waals surface area contributed by atoms with Crippen LogP contribution in [0.4, 0.5) is 5.69 Å². The van der Waals surface area contributed by atoms with Gasteiger partial charge in [-0.2, -0.15) is 0 Å². The lowest BCUT2D eigenvalue weighted by Crippen LogP contribution is -2.48. The number of amides is 1. The van der Waals surface area contributed by atoms with Crippen molar-refractivity contribution >= 4 is 22.6 Å². The van der Waals surface area contributed by atoms with Crippen molar-refractivity contribution in [1.29, 1.82) is 0 Å². The van der Waals surface area contributed by atoms with Crippen LogP contribution in [0.25, 0.3) is 11.0 Å². The first-order valence-corrected chi connectivity index (χ1v) is 15.2. The molecule has 3 saturated heterocycles.